The largest absolute Gasteiger partial charge is 0.355 e. The summed E-state index contributed by atoms with van der Waals surface area (Å²) in [5.74, 6) is 0. The number of hydrogen-bond acceptors (Lipinski definition) is 1. The van der Waals surface area contributed by atoms with Gasteiger partial charge < -0.3 is 9.88 Å². The number of aromatic amines is 1. The number of hydrogen-bond donors (Lipinski definition) is 1. The second kappa shape index (κ2) is 8.57. The monoisotopic (exact) mass is 438 g/mol. The first-order valence-electron chi connectivity index (χ1n) is 11.9. The molecule has 1 aromatic heterocycles. The van der Waals surface area contributed by atoms with Crippen LogP contribution in [0.25, 0.3) is 32.9 Å². The molecular formula is C32H26N2. The highest BCUT2D eigenvalue weighted by molar-refractivity contribution is 6.08. The average molecular weight is 439 g/mol. The molecule has 0 bridgehead atoms. The number of aromatic nitrogens is 1. The Bertz CT molecular complexity index is 1560. The molecule has 5 aromatic carbocycles. The summed E-state index contributed by atoms with van der Waals surface area (Å²) in [6.45, 7) is 2.19. The van der Waals surface area contributed by atoms with Gasteiger partial charge in [-0.15, -0.1) is 0 Å². The van der Waals surface area contributed by atoms with Crippen LogP contribution in [0, 0.1) is 0 Å². The Morgan fingerprint density at radius 2 is 1.12 bits per heavy atom. The quantitative estimate of drug-likeness (QED) is 0.284. The molecule has 0 aliphatic carbocycles. The number of H-pyrrole nitrogens is 1. The van der Waals surface area contributed by atoms with E-state index in [1.54, 1.807) is 0 Å². The van der Waals surface area contributed by atoms with E-state index < -0.39 is 0 Å². The van der Waals surface area contributed by atoms with E-state index in [2.05, 4.69) is 138 Å². The van der Waals surface area contributed by atoms with Gasteiger partial charge in [0.2, 0.25) is 0 Å². The van der Waals surface area contributed by atoms with Gasteiger partial charge in [0.1, 0.15) is 0 Å². The number of fused-ring (bicyclic) bond motifs is 3. The molecule has 2 nitrogen and oxygen atoms in total. The van der Waals surface area contributed by atoms with Gasteiger partial charge in [-0.3, -0.25) is 0 Å². The summed E-state index contributed by atoms with van der Waals surface area (Å²) in [7, 11) is 0. The van der Waals surface area contributed by atoms with Crippen LogP contribution in [0.3, 0.4) is 0 Å². The van der Waals surface area contributed by atoms with Crippen molar-refractivity contribution < 1.29 is 0 Å². The molecule has 0 saturated carbocycles. The van der Waals surface area contributed by atoms with E-state index in [4.69, 9.17) is 0 Å². The van der Waals surface area contributed by atoms with Crippen molar-refractivity contribution in [3.8, 4) is 11.1 Å². The van der Waals surface area contributed by atoms with Crippen LogP contribution in [0.1, 0.15) is 12.5 Å². The average Bonchev–Trinajstić information content (AvgIpc) is 3.28. The van der Waals surface area contributed by atoms with Gasteiger partial charge in [0.15, 0.2) is 0 Å². The topological polar surface area (TPSA) is 19.0 Å². The van der Waals surface area contributed by atoms with Gasteiger partial charge in [0, 0.05) is 38.9 Å². The zero-order valence-corrected chi connectivity index (χ0v) is 19.2. The van der Waals surface area contributed by atoms with Crippen LogP contribution in [-0.4, -0.2) is 4.98 Å². The first kappa shape index (κ1) is 20.3. The summed E-state index contributed by atoms with van der Waals surface area (Å²) in [5, 5.41) is 2.53. The first-order chi connectivity index (χ1) is 16.8. The Kier molecular flexibility index (Phi) is 5.12. The summed E-state index contributed by atoms with van der Waals surface area (Å²) in [5.41, 5.74) is 9.60. The lowest BCUT2D eigenvalue weighted by molar-refractivity contribution is 1.14. The van der Waals surface area contributed by atoms with Crippen molar-refractivity contribution in [2.24, 2.45) is 0 Å². The highest BCUT2D eigenvalue weighted by Crippen LogP contribution is 2.36. The molecule has 164 valence electrons. The Labute approximate surface area is 200 Å². The Morgan fingerprint density at radius 3 is 1.85 bits per heavy atom. The van der Waals surface area contributed by atoms with Crippen molar-refractivity contribution in [1.82, 2.24) is 4.98 Å². The Morgan fingerprint density at radius 1 is 0.529 bits per heavy atom. The lowest BCUT2D eigenvalue weighted by Crippen LogP contribution is -2.09. The molecule has 6 aromatic rings. The summed E-state index contributed by atoms with van der Waals surface area (Å²) in [6.07, 6.45) is 1.04. The van der Waals surface area contributed by atoms with Crippen LogP contribution in [0.15, 0.2) is 121 Å². The predicted molar refractivity (Wildman–Crippen MR) is 145 cm³/mol. The van der Waals surface area contributed by atoms with E-state index in [0.29, 0.717) is 0 Å². The Hall–Kier alpha value is -4.30. The van der Waals surface area contributed by atoms with Gasteiger partial charge >= 0.3 is 0 Å². The molecule has 1 heterocycles. The van der Waals surface area contributed by atoms with E-state index in [9.17, 15) is 0 Å². The molecule has 1 N–H and O–H groups in total. The van der Waals surface area contributed by atoms with E-state index in [0.717, 1.165) is 23.5 Å². The van der Waals surface area contributed by atoms with Crippen molar-refractivity contribution in [1.29, 1.82) is 0 Å². The number of rotatable bonds is 5. The Balaban J connectivity index is 1.40. The predicted octanol–water partition coefficient (Wildman–Crippen LogP) is 9.02. The minimum Gasteiger partial charge on any atom is -0.355 e. The molecule has 0 atom stereocenters. The third kappa shape index (κ3) is 3.64. The summed E-state index contributed by atoms with van der Waals surface area (Å²) in [6, 6.07) is 43.5. The summed E-state index contributed by atoms with van der Waals surface area (Å²) >= 11 is 0. The van der Waals surface area contributed by atoms with Gasteiger partial charge in [-0.2, -0.15) is 0 Å². The van der Waals surface area contributed by atoms with Crippen molar-refractivity contribution in [3.05, 3.63) is 127 Å². The third-order valence-corrected chi connectivity index (χ3v) is 6.58. The minimum atomic E-state index is 1.04. The lowest BCUT2D eigenvalue weighted by atomic mass is 10.0. The minimum absolute atomic E-state index is 1.04. The molecule has 0 fully saturated rings. The highest BCUT2D eigenvalue weighted by Gasteiger charge is 2.13. The molecule has 0 saturated heterocycles. The maximum atomic E-state index is 3.52. The number of benzene rings is 5. The van der Waals surface area contributed by atoms with Gasteiger partial charge in [-0.05, 0) is 77.7 Å². The SMILES string of the molecule is CCc1ccc(N(c2ccccc2)c2ccc(-c3ccc4[nH]c5ccccc5c4c3)cc2)cc1. The number of nitrogens with zero attached hydrogens (tertiary/aromatic N) is 1. The third-order valence-electron chi connectivity index (χ3n) is 6.58. The number of nitrogens with one attached hydrogen (secondary N) is 1. The van der Waals surface area contributed by atoms with Crippen molar-refractivity contribution in [2.75, 3.05) is 4.90 Å². The van der Waals surface area contributed by atoms with Gasteiger partial charge in [0.25, 0.3) is 0 Å². The van der Waals surface area contributed by atoms with E-state index in [1.807, 2.05) is 0 Å². The lowest BCUT2D eigenvalue weighted by Gasteiger charge is -2.25. The molecule has 0 aliphatic heterocycles. The van der Waals surface area contributed by atoms with Crippen LogP contribution in [0.4, 0.5) is 17.1 Å². The highest BCUT2D eigenvalue weighted by atomic mass is 15.1. The smallest absolute Gasteiger partial charge is 0.0465 e. The van der Waals surface area contributed by atoms with E-state index in [1.165, 1.54) is 38.5 Å². The molecular weight excluding hydrogens is 412 g/mol. The molecule has 0 spiro atoms. The van der Waals surface area contributed by atoms with Crippen LogP contribution in [0.5, 0.6) is 0 Å². The molecule has 0 amide bonds. The fourth-order valence-corrected chi connectivity index (χ4v) is 4.74. The van der Waals surface area contributed by atoms with Crippen LogP contribution >= 0.6 is 0 Å². The maximum Gasteiger partial charge on any atom is 0.0465 e. The van der Waals surface area contributed by atoms with Gasteiger partial charge in [-0.25, -0.2) is 0 Å². The second-order valence-corrected chi connectivity index (χ2v) is 8.67. The zero-order chi connectivity index (χ0) is 22.9. The van der Waals surface area contributed by atoms with Crippen LogP contribution in [0.2, 0.25) is 0 Å². The zero-order valence-electron chi connectivity index (χ0n) is 19.2. The van der Waals surface area contributed by atoms with Crippen LogP contribution in [-0.2, 0) is 6.42 Å². The van der Waals surface area contributed by atoms with E-state index >= 15 is 0 Å². The fourth-order valence-electron chi connectivity index (χ4n) is 4.74. The summed E-state index contributed by atoms with van der Waals surface area (Å²) < 4.78 is 0. The standard InChI is InChI=1S/C32H26N2/c1-2-23-12-17-27(18-13-23)34(26-8-4-3-5-9-26)28-19-14-24(15-20-28)25-16-21-32-30(22-25)29-10-6-7-11-31(29)33-32/h3-22,33H,2H2,1H3. The maximum absolute atomic E-state index is 3.52. The number of anilines is 3. The van der Waals surface area contributed by atoms with Crippen molar-refractivity contribution >= 4 is 38.9 Å². The van der Waals surface area contributed by atoms with E-state index in [-0.39, 0.29) is 0 Å². The van der Waals surface area contributed by atoms with Crippen molar-refractivity contribution in [2.45, 2.75) is 13.3 Å². The molecule has 2 heteroatoms. The number of aryl methyl sites for hydroxylation is 1. The van der Waals surface area contributed by atoms with Crippen LogP contribution < -0.4 is 4.90 Å². The normalized spacial score (nSPS) is 11.2. The van der Waals surface area contributed by atoms with Crippen molar-refractivity contribution in [3.63, 3.8) is 0 Å². The molecule has 0 radical (unpaired) electrons. The molecule has 0 unspecified atom stereocenters. The fraction of sp³-hybridized carbons (Fsp3) is 0.0625. The molecule has 6 rings (SSSR count). The van der Waals surface area contributed by atoms with Gasteiger partial charge in [-0.1, -0.05) is 73.7 Å². The summed E-state index contributed by atoms with van der Waals surface area (Å²) in [4.78, 5) is 5.83. The number of para-hydroxylation sites is 2. The molecule has 0 aliphatic rings. The molecule has 34 heavy (non-hydrogen) atoms. The second-order valence-electron chi connectivity index (χ2n) is 8.67. The van der Waals surface area contributed by atoms with Gasteiger partial charge in [0.05, 0.1) is 0 Å². The first-order valence-corrected chi connectivity index (χ1v) is 11.9.